The Morgan fingerprint density at radius 2 is 1.97 bits per heavy atom. The summed E-state index contributed by atoms with van der Waals surface area (Å²) in [7, 11) is 1.89. The number of likely N-dealkylation sites (tertiary alicyclic amines) is 1. The van der Waals surface area contributed by atoms with Crippen LogP contribution in [0.2, 0.25) is 0 Å². The van der Waals surface area contributed by atoms with Crippen LogP contribution in [0, 0.1) is 5.82 Å². The number of nitrogens with zero attached hydrogens (tertiary/aromatic N) is 5. The van der Waals surface area contributed by atoms with Crippen LogP contribution in [0.5, 0.6) is 0 Å². The lowest BCUT2D eigenvalue weighted by atomic mass is 10.0. The predicted molar refractivity (Wildman–Crippen MR) is 153 cm³/mol. The predicted octanol–water partition coefficient (Wildman–Crippen LogP) is 6.30. The third-order valence-electron chi connectivity index (χ3n) is 6.79. The monoisotopic (exact) mass is 511 g/mol. The number of hydrazone groups is 1. The van der Waals surface area contributed by atoms with Crippen molar-refractivity contribution in [2.24, 2.45) is 5.10 Å². The molecule has 0 radical (unpaired) electrons. The van der Waals surface area contributed by atoms with Crippen LogP contribution in [0.25, 0.3) is 16.8 Å². The molecule has 7 heteroatoms. The molecule has 0 bridgehead atoms. The second-order valence-electron chi connectivity index (χ2n) is 9.41. The van der Waals surface area contributed by atoms with E-state index in [1.807, 2.05) is 41.2 Å². The van der Waals surface area contributed by atoms with Gasteiger partial charge in [0.05, 0.1) is 29.9 Å². The number of likely N-dealkylation sites (N-methyl/N-ethyl adjacent to an activating group) is 1. The average Bonchev–Trinajstić information content (AvgIpc) is 3.15. The van der Waals surface area contributed by atoms with Gasteiger partial charge in [-0.25, -0.2) is 8.91 Å². The summed E-state index contributed by atoms with van der Waals surface area (Å²) in [5, 5.41) is 11.0. The molecule has 0 unspecified atom stereocenters. The molecule has 1 aliphatic heterocycles. The van der Waals surface area contributed by atoms with Gasteiger partial charge in [-0.15, -0.1) is 0 Å². The molecule has 4 rings (SSSR count). The molecule has 1 saturated heterocycles. The Bertz CT molecular complexity index is 1400. The summed E-state index contributed by atoms with van der Waals surface area (Å²) in [4.78, 5) is 16.2. The molecule has 0 aliphatic carbocycles. The molecule has 1 amide bonds. The number of allylic oxidation sites excluding steroid dienone is 5. The molecule has 1 aliphatic rings. The van der Waals surface area contributed by atoms with E-state index in [2.05, 4.69) is 29.9 Å². The lowest BCUT2D eigenvalue weighted by Gasteiger charge is -2.32. The van der Waals surface area contributed by atoms with E-state index in [0.717, 1.165) is 36.8 Å². The van der Waals surface area contributed by atoms with Crippen molar-refractivity contribution in [1.82, 2.24) is 19.5 Å². The smallest absolute Gasteiger partial charge is 0.258 e. The van der Waals surface area contributed by atoms with Crippen molar-refractivity contribution in [2.45, 2.75) is 31.7 Å². The second-order valence-corrected chi connectivity index (χ2v) is 9.41. The highest BCUT2D eigenvalue weighted by Crippen LogP contribution is 2.31. The van der Waals surface area contributed by atoms with E-state index in [1.54, 1.807) is 47.3 Å². The molecule has 3 aromatic rings. The lowest BCUT2D eigenvalue weighted by molar-refractivity contribution is 0.0648. The van der Waals surface area contributed by atoms with E-state index in [4.69, 9.17) is 0 Å². The Morgan fingerprint density at radius 3 is 2.74 bits per heavy atom. The number of rotatable bonds is 9. The largest absolute Gasteiger partial charge is 0.334 e. The van der Waals surface area contributed by atoms with Crippen LogP contribution >= 0.6 is 0 Å². The number of hydrogen-bond donors (Lipinski definition) is 0. The number of benzene rings is 1. The second kappa shape index (κ2) is 12.3. The molecule has 2 aromatic heterocycles. The zero-order valence-corrected chi connectivity index (χ0v) is 21.9. The minimum absolute atomic E-state index is 0.0601. The third kappa shape index (κ3) is 5.83. The fourth-order valence-corrected chi connectivity index (χ4v) is 4.86. The van der Waals surface area contributed by atoms with Gasteiger partial charge in [-0.1, -0.05) is 69.0 Å². The van der Waals surface area contributed by atoms with Gasteiger partial charge in [0.25, 0.3) is 5.91 Å². The van der Waals surface area contributed by atoms with E-state index >= 15 is 0 Å². The number of carbonyl (C=O) groups excluding carboxylic acids is 1. The molecule has 3 heterocycles. The molecule has 0 spiro atoms. The maximum Gasteiger partial charge on any atom is 0.258 e. The van der Waals surface area contributed by atoms with Gasteiger partial charge in [0.1, 0.15) is 11.5 Å². The molecule has 1 atom stereocenters. The van der Waals surface area contributed by atoms with Crippen LogP contribution < -0.4 is 0 Å². The van der Waals surface area contributed by atoms with Crippen LogP contribution in [0.15, 0.2) is 103 Å². The first-order chi connectivity index (χ1) is 18.4. The third-order valence-corrected chi connectivity index (χ3v) is 6.79. The number of hydrogen-bond acceptors (Lipinski definition) is 4. The molecule has 0 saturated carbocycles. The number of aromatic nitrogens is 2. The molecule has 6 nitrogen and oxygen atoms in total. The van der Waals surface area contributed by atoms with E-state index in [9.17, 15) is 9.18 Å². The van der Waals surface area contributed by atoms with Crippen molar-refractivity contribution in [1.29, 1.82) is 0 Å². The first kappa shape index (κ1) is 26.8. The van der Waals surface area contributed by atoms with Crippen molar-refractivity contribution in [2.75, 3.05) is 20.1 Å². The maximum atomic E-state index is 14.9. The quantitative estimate of drug-likeness (QED) is 0.193. The van der Waals surface area contributed by atoms with E-state index in [-0.39, 0.29) is 11.9 Å². The SMILES string of the molecule is C=C/C=C(\C=C)C(=C)/C=N\N(C)C[C@@H]1CCCCCN1C(=O)c1c(-c2ccccc2F)nn2ccccc12. The summed E-state index contributed by atoms with van der Waals surface area (Å²) in [5.74, 6) is -0.544. The van der Waals surface area contributed by atoms with Gasteiger partial charge in [0.2, 0.25) is 0 Å². The number of pyridine rings is 1. The minimum Gasteiger partial charge on any atom is -0.334 e. The van der Waals surface area contributed by atoms with Crippen LogP contribution in [-0.2, 0) is 0 Å². The minimum atomic E-state index is -0.406. The number of fused-ring (bicyclic) bond motifs is 1. The van der Waals surface area contributed by atoms with Crippen molar-refractivity contribution < 1.29 is 9.18 Å². The summed E-state index contributed by atoms with van der Waals surface area (Å²) in [5.41, 5.74) is 3.33. The summed E-state index contributed by atoms with van der Waals surface area (Å²) in [6.45, 7) is 12.8. The first-order valence-electron chi connectivity index (χ1n) is 12.9. The average molecular weight is 512 g/mol. The normalized spacial score (nSPS) is 16.4. The highest BCUT2D eigenvalue weighted by molar-refractivity contribution is 6.06. The molecule has 196 valence electrons. The number of halogens is 1. The Kier molecular flexibility index (Phi) is 8.69. The maximum absolute atomic E-state index is 14.9. The zero-order chi connectivity index (χ0) is 27.1. The van der Waals surface area contributed by atoms with Crippen LogP contribution in [-0.4, -0.2) is 57.8 Å². The number of carbonyl (C=O) groups is 1. The topological polar surface area (TPSA) is 53.2 Å². The fraction of sp³-hybridized carbons (Fsp3) is 0.258. The van der Waals surface area contributed by atoms with E-state index in [0.29, 0.717) is 35.4 Å². The Balaban J connectivity index is 1.65. The molecule has 38 heavy (non-hydrogen) atoms. The summed E-state index contributed by atoms with van der Waals surface area (Å²) < 4.78 is 16.5. The van der Waals surface area contributed by atoms with Crippen LogP contribution in [0.1, 0.15) is 36.0 Å². The first-order valence-corrected chi connectivity index (χ1v) is 12.9. The van der Waals surface area contributed by atoms with Gasteiger partial charge in [-0.05, 0) is 48.3 Å². The Labute approximate surface area is 223 Å². The fourth-order valence-electron chi connectivity index (χ4n) is 4.86. The standard InChI is InChI=1S/C31H34FN5O/c1-5-14-24(6-2)23(3)21-33-35(4)22-25-15-8-7-12-19-36(25)31(38)29-28-18-11-13-20-37(28)34-30(29)26-16-9-10-17-27(26)32/h5-6,9-11,13-14,16-18,20-21,25H,1-3,7-8,12,15,19,22H2,4H3/b24-14+,33-21-/t25-/m0/s1. The van der Waals surface area contributed by atoms with Gasteiger partial charge in [-0.3, -0.25) is 9.80 Å². The zero-order valence-electron chi connectivity index (χ0n) is 21.9. The summed E-state index contributed by atoms with van der Waals surface area (Å²) in [6.07, 6.45) is 12.5. The van der Waals surface area contributed by atoms with Crippen LogP contribution in [0.4, 0.5) is 4.39 Å². The summed E-state index contributed by atoms with van der Waals surface area (Å²) in [6, 6.07) is 12.0. The summed E-state index contributed by atoms with van der Waals surface area (Å²) >= 11 is 0. The van der Waals surface area contributed by atoms with Crippen molar-refractivity contribution in [3.63, 3.8) is 0 Å². The molecular weight excluding hydrogens is 477 g/mol. The number of amides is 1. The molecule has 1 aromatic carbocycles. The highest BCUT2D eigenvalue weighted by Gasteiger charge is 2.32. The van der Waals surface area contributed by atoms with Gasteiger partial charge in [0.15, 0.2) is 0 Å². The van der Waals surface area contributed by atoms with E-state index < -0.39 is 5.82 Å². The highest BCUT2D eigenvalue weighted by atomic mass is 19.1. The lowest BCUT2D eigenvalue weighted by Crippen LogP contribution is -2.45. The van der Waals surface area contributed by atoms with Gasteiger partial charge in [0, 0.05) is 25.4 Å². The van der Waals surface area contributed by atoms with Gasteiger partial charge < -0.3 is 4.90 Å². The van der Waals surface area contributed by atoms with Crippen molar-refractivity contribution in [3.8, 4) is 11.3 Å². The molecule has 0 N–H and O–H groups in total. The Morgan fingerprint density at radius 1 is 1.18 bits per heavy atom. The van der Waals surface area contributed by atoms with E-state index in [1.165, 1.54) is 6.07 Å². The molecule has 1 fully saturated rings. The molecular formula is C31H34FN5O. The van der Waals surface area contributed by atoms with Crippen molar-refractivity contribution in [3.05, 3.63) is 109 Å². The Hall–Kier alpha value is -4.26. The van der Waals surface area contributed by atoms with Gasteiger partial charge >= 0.3 is 0 Å². The van der Waals surface area contributed by atoms with Gasteiger partial charge in [-0.2, -0.15) is 10.2 Å². The van der Waals surface area contributed by atoms with Crippen molar-refractivity contribution >= 4 is 17.6 Å². The van der Waals surface area contributed by atoms with Crippen LogP contribution in [0.3, 0.4) is 0 Å².